The Morgan fingerprint density at radius 3 is 3.05 bits per heavy atom. The standard InChI is InChI=1S/C14H16N4O3/c15-7-8-6-9(3-4-11(8)18(19)20)17-13-12(16)10-2-1-5-21-14(10)13/h3-4,6,10,12-14,17H,1-2,5,16H2. The van der Waals surface area contributed by atoms with Gasteiger partial charge in [-0.2, -0.15) is 5.26 Å². The Hall–Kier alpha value is -2.17. The van der Waals surface area contributed by atoms with Crippen LogP contribution in [0.15, 0.2) is 18.2 Å². The predicted molar refractivity (Wildman–Crippen MR) is 75.7 cm³/mol. The molecule has 110 valence electrons. The molecule has 1 heterocycles. The van der Waals surface area contributed by atoms with Crippen LogP contribution >= 0.6 is 0 Å². The largest absolute Gasteiger partial charge is 0.378 e. The second kappa shape index (κ2) is 5.31. The summed E-state index contributed by atoms with van der Waals surface area (Å²) in [4.78, 5) is 10.3. The summed E-state index contributed by atoms with van der Waals surface area (Å²) in [6.07, 6.45) is 2.21. The van der Waals surface area contributed by atoms with Crippen molar-refractivity contribution in [3.05, 3.63) is 33.9 Å². The zero-order chi connectivity index (χ0) is 15.0. The highest BCUT2D eigenvalue weighted by Crippen LogP contribution is 2.38. The Kier molecular flexibility index (Phi) is 3.49. The number of rotatable bonds is 3. The molecule has 0 radical (unpaired) electrons. The van der Waals surface area contributed by atoms with Crippen LogP contribution in [-0.2, 0) is 4.74 Å². The van der Waals surface area contributed by atoms with Crippen molar-refractivity contribution in [1.82, 2.24) is 0 Å². The summed E-state index contributed by atoms with van der Waals surface area (Å²) in [6, 6.07) is 6.27. The van der Waals surface area contributed by atoms with Gasteiger partial charge in [0.05, 0.1) is 17.1 Å². The summed E-state index contributed by atoms with van der Waals surface area (Å²) in [5.74, 6) is 0.379. The molecule has 1 aromatic carbocycles. The van der Waals surface area contributed by atoms with E-state index in [4.69, 9.17) is 15.7 Å². The summed E-state index contributed by atoms with van der Waals surface area (Å²) in [5.41, 5.74) is 6.67. The van der Waals surface area contributed by atoms with Gasteiger partial charge in [0.2, 0.25) is 0 Å². The normalized spacial score (nSPS) is 30.7. The number of nitriles is 1. The maximum atomic E-state index is 10.8. The number of nitrogens with one attached hydrogen (secondary N) is 1. The number of hydrogen-bond acceptors (Lipinski definition) is 6. The van der Waals surface area contributed by atoms with Gasteiger partial charge in [-0.3, -0.25) is 10.1 Å². The van der Waals surface area contributed by atoms with E-state index in [0.717, 1.165) is 19.4 Å². The van der Waals surface area contributed by atoms with Crippen LogP contribution in [0.3, 0.4) is 0 Å². The van der Waals surface area contributed by atoms with Crippen LogP contribution in [0.25, 0.3) is 0 Å². The van der Waals surface area contributed by atoms with Crippen molar-refractivity contribution >= 4 is 11.4 Å². The van der Waals surface area contributed by atoms with Gasteiger partial charge in [-0.25, -0.2) is 0 Å². The third-order valence-electron chi connectivity index (χ3n) is 4.32. The summed E-state index contributed by atoms with van der Waals surface area (Å²) >= 11 is 0. The lowest BCUT2D eigenvalue weighted by molar-refractivity contribution is -0.385. The molecule has 3 rings (SSSR count). The molecule has 1 aliphatic carbocycles. The Labute approximate surface area is 121 Å². The van der Waals surface area contributed by atoms with Crippen LogP contribution in [0, 0.1) is 27.4 Å². The van der Waals surface area contributed by atoms with Crippen molar-refractivity contribution in [2.45, 2.75) is 31.0 Å². The van der Waals surface area contributed by atoms with Crippen LogP contribution < -0.4 is 11.1 Å². The van der Waals surface area contributed by atoms with Gasteiger partial charge in [-0.1, -0.05) is 0 Å². The first-order valence-corrected chi connectivity index (χ1v) is 6.94. The van der Waals surface area contributed by atoms with E-state index in [2.05, 4.69) is 5.32 Å². The summed E-state index contributed by atoms with van der Waals surface area (Å²) in [5, 5.41) is 23.1. The number of nitro groups is 1. The number of nitro benzene ring substituents is 1. The van der Waals surface area contributed by atoms with E-state index in [-0.39, 0.29) is 29.4 Å². The monoisotopic (exact) mass is 288 g/mol. The number of nitrogens with zero attached hydrogens (tertiary/aromatic N) is 2. The lowest BCUT2D eigenvalue weighted by Crippen LogP contribution is -2.69. The van der Waals surface area contributed by atoms with Crippen LogP contribution in [0.2, 0.25) is 0 Å². The molecular weight excluding hydrogens is 272 g/mol. The third-order valence-corrected chi connectivity index (χ3v) is 4.32. The van der Waals surface area contributed by atoms with Gasteiger partial charge in [0.15, 0.2) is 0 Å². The van der Waals surface area contributed by atoms with Crippen molar-refractivity contribution in [2.24, 2.45) is 11.7 Å². The highest BCUT2D eigenvalue weighted by atomic mass is 16.6. The summed E-state index contributed by atoms with van der Waals surface area (Å²) in [6.45, 7) is 0.746. The predicted octanol–water partition coefficient (Wildman–Crippen LogP) is 1.38. The van der Waals surface area contributed by atoms with Gasteiger partial charge in [-0.05, 0) is 25.0 Å². The van der Waals surface area contributed by atoms with Crippen molar-refractivity contribution in [3.63, 3.8) is 0 Å². The molecule has 1 saturated carbocycles. The van der Waals surface area contributed by atoms with Crippen molar-refractivity contribution in [2.75, 3.05) is 11.9 Å². The fourth-order valence-corrected chi connectivity index (χ4v) is 3.19. The van der Waals surface area contributed by atoms with Gasteiger partial charge in [-0.15, -0.1) is 0 Å². The molecule has 4 unspecified atom stereocenters. The average Bonchev–Trinajstić information content (AvgIpc) is 2.51. The van der Waals surface area contributed by atoms with E-state index in [1.165, 1.54) is 12.1 Å². The molecule has 0 spiro atoms. The van der Waals surface area contributed by atoms with E-state index >= 15 is 0 Å². The van der Waals surface area contributed by atoms with Crippen LogP contribution in [0.5, 0.6) is 0 Å². The molecule has 1 saturated heterocycles. The molecular formula is C14H16N4O3. The van der Waals surface area contributed by atoms with Gasteiger partial charge in [0.1, 0.15) is 11.6 Å². The highest BCUT2D eigenvalue weighted by molar-refractivity contribution is 5.59. The molecule has 21 heavy (non-hydrogen) atoms. The average molecular weight is 288 g/mol. The first-order chi connectivity index (χ1) is 10.1. The fraction of sp³-hybridized carbons (Fsp3) is 0.500. The van der Waals surface area contributed by atoms with E-state index in [9.17, 15) is 10.1 Å². The molecule has 4 atom stereocenters. The Balaban J connectivity index is 1.77. The smallest absolute Gasteiger partial charge is 0.287 e. The van der Waals surface area contributed by atoms with E-state index in [1.807, 2.05) is 6.07 Å². The zero-order valence-corrected chi connectivity index (χ0v) is 11.4. The lowest BCUT2D eigenvalue weighted by atomic mass is 9.68. The van der Waals surface area contributed by atoms with E-state index in [1.54, 1.807) is 6.07 Å². The summed E-state index contributed by atoms with van der Waals surface area (Å²) in [7, 11) is 0. The Bertz CT molecular complexity index is 613. The second-order valence-electron chi connectivity index (χ2n) is 5.49. The highest BCUT2D eigenvalue weighted by Gasteiger charge is 2.50. The molecule has 3 N–H and O–H groups in total. The maximum Gasteiger partial charge on any atom is 0.287 e. The number of benzene rings is 1. The minimum absolute atomic E-state index is 0.0102. The van der Waals surface area contributed by atoms with Gasteiger partial charge in [0.25, 0.3) is 5.69 Å². The first-order valence-electron chi connectivity index (χ1n) is 6.94. The number of ether oxygens (including phenoxy) is 1. The molecule has 0 aromatic heterocycles. The van der Waals surface area contributed by atoms with Crippen LogP contribution in [-0.4, -0.2) is 29.7 Å². The molecule has 0 amide bonds. The molecule has 2 aliphatic rings. The van der Waals surface area contributed by atoms with Crippen molar-refractivity contribution in [3.8, 4) is 6.07 Å². The topological polar surface area (TPSA) is 114 Å². The molecule has 7 heteroatoms. The Morgan fingerprint density at radius 1 is 1.52 bits per heavy atom. The maximum absolute atomic E-state index is 10.8. The third kappa shape index (κ3) is 2.33. The van der Waals surface area contributed by atoms with Gasteiger partial charge < -0.3 is 15.8 Å². The minimum Gasteiger partial charge on any atom is -0.378 e. The molecule has 7 nitrogen and oxygen atoms in total. The van der Waals surface area contributed by atoms with Gasteiger partial charge >= 0.3 is 0 Å². The number of fused-ring (bicyclic) bond motifs is 1. The first kappa shape index (κ1) is 13.8. The van der Waals surface area contributed by atoms with E-state index < -0.39 is 4.92 Å². The lowest BCUT2D eigenvalue weighted by Gasteiger charge is -2.52. The van der Waals surface area contributed by atoms with E-state index in [0.29, 0.717) is 11.6 Å². The molecule has 0 bridgehead atoms. The number of nitrogens with two attached hydrogens (primary N) is 1. The van der Waals surface area contributed by atoms with Crippen LogP contribution in [0.1, 0.15) is 18.4 Å². The molecule has 1 aliphatic heterocycles. The molecule has 2 fully saturated rings. The minimum atomic E-state index is -0.558. The second-order valence-corrected chi connectivity index (χ2v) is 5.49. The quantitative estimate of drug-likeness (QED) is 0.641. The zero-order valence-electron chi connectivity index (χ0n) is 11.4. The number of anilines is 1. The van der Waals surface area contributed by atoms with Crippen LogP contribution in [0.4, 0.5) is 11.4 Å². The Morgan fingerprint density at radius 2 is 2.33 bits per heavy atom. The number of hydrogen-bond donors (Lipinski definition) is 2. The van der Waals surface area contributed by atoms with Crippen molar-refractivity contribution in [1.29, 1.82) is 5.26 Å². The SMILES string of the molecule is N#Cc1cc(NC2C(N)C3CCCOC32)ccc1[N+](=O)[O-]. The fourth-order valence-electron chi connectivity index (χ4n) is 3.19. The molecule has 1 aromatic rings. The van der Waals surface area contributed by atoms with Gasteiger partial charge in [0, 0.05) is 30.3 Å². The summed E-state index contributed by atoms with van der Waals surface area (Å²) < 4.78 is 5.73. The van der Waals surface area contributed by atoms with Crippen molar-refractivity contribution < 1.29 is 9.66 Å².